The van der Waals surface area contributed by atoms with Gasteiger partial charge in [0.1, 0.15) is 6.61 Å². The van der Waals surface area contributed by atoms with E-state index in [-0.39, 0.29) is 37.2 Å². The van der Waals surface area contributed by atoms with Crippen molar-refractivity contribution in [2.24, 2.45) is 0 Å². The first-order valence-electron chi connectivity index (χ1n) is 10.7. The third kappa shape index (κ3) is 3.93. The number of hydrogen-bond acceptors (Lipinski definition) is 5. The maximum Gasteiger partial charge on any atom is 0.410 e. The van der Waals surface area contributed by atoms with Crippen LogP contribution in [-0.2, 0) is 16.1 Å². The van der Waals surface area contributed by atoms with Gasteiger partial charge in [-0.15, -0.1) is 0 Å². The number of carbonyl (C=O) groups excluding carboxylic acids is 3. The van der Waals surface area contributed by atoms with Gasteiger partial charge in [-0.1, -0.05) is 42.5 Å². The van der Waals surface area contributed by atoms with Crippen LogP contribution < -0.4 is 0 Å². The van der Waals surface area contributed by atoms with E-state index in [1.54, 1.807) is 29.2 Å². The fourth-order valence-corrected chi connectivity index (χ4v) is 4.25. The summed E-state index contributed by atoms with van der Waals surface area (Å²) in [5.41, 5.74) is 1.71. The smallest absolute Gasteiger partial charge is 0.410 e. The molecule has 2 aromatic rings. The van der Waals surface area contributed by atoms with E-state index in [0.29, 0.717) is 24.1 Å². The van der Waals surface area contributed by atoms with Crippen molar-refractivity contribution in [3.63, 3.8) is 0 Å². The average Bonchev–Trinajstić information content (AvgIpc) is 3.59. The summed E-state index contributed by atoms with van der Waals surface area (Å²) in [5.74, 6) is -0.649. The number of piperidine rings is 1. The Balaban J connectivity index is 1.33. The number of amides is 3. The quantitative estimate of drug-likeness (QED) is 0.694. The Morgan fingerprint density at radius 3 is 2.19 bits per heavy atom. The van der Waals surface area contributed by atoms with Crippen molar-refractivity contribution in [2.45, 2.75) is 44.1 Å². The normalized spacial score (nSPS) is 23.1. The fourth-order valence-electron chi connectivity index (χ4n) is 4.25. The van der Waals surface area contributed by atoms with Crippen molar-refractivity contribution in [1.29, 1.82) is 0 Å². The van der Waals surface area contributed by atoms with Gasteiger partial charge in [-0.3, -0.25) is 14.5 Å². The molecule has 31 heavy (non-hydrogen) atoms. The number of carbonyl (C=O) groups is 3. The zero-order chi connectivity index (χ0) is 21.4. The molecule has 2 aromatic carbocycles. The maximum absolute atomic E-state index is 13.1. The molecular weight excluding hydrogens is 396 g/mol. The number of hydrogen-bond donors (Lipinski definition) is 0. The van der Waals surface area contributed by atoms with Gasteiger partial charge in [-0.2, -0.15) is 0 Å². The lowest BCUT2D eigenvalue weighted by Gasteiger charge is -2.41. The SMILES string of the molecule is O=C(OCc1ccccc1)N1CC[C@@H](OC2CC2)[C@@H](N2C(=O)c3ccccc3C2=O)C1. The van der Waals surface area contributed by atoms with Crippen LogP contribution in [0.25, 0.3) is 0 Å². The molecular formula is C24H24N2O5. The van der Waals surface area contributed by atoms with E-state index in [1.165, 1.54) is 4.90 Å². The van der Waals surface area contributed by atoms with Crippen molar-refractivity contribution < 1.29 is 23.9 Å². The molecule has 0 unspecified atom stereocenters. The summed E-state index contributed by atoms with van der Waals surface area (Å²) in [7, 11) is 0. The Morgan fingerprint density at radius 1 is 0.903 bits per heavy atom. The summed E-state index contributed by atoms with van der Waals surface area (Å²) in [6, 6.07) is 15.8. The number of ether oxygens (including phenoxy) is 2. The summed E-state index contributed by atoms with van der Waals surface area (Å²) in [6.45, 7) is 0.844. The minimum absolute atomic E-state index is 0.176. The van der Waals surface area contributed by atoms with Gasteiger partial charge in [0.2, 0.25) is 0 Å². The Labute approximate surface area is 180 Å². The molecule has 7 heteroatoms. The lowest BCUT2D eigenvalue weighted by molar-refractivity contribution is -0.0483. The molecule has 5 rings (SSSR count). The monoisotopic (exact) mass is 420 g/mol. The minimum atomic E-state index is -0.536. The number of likely N-dealkylation sites (tertiary alicyclic amines) is 1. The fraction of sp³-hybridized carbons (Fsp3) is 0.375. The molecule has 2 fully saturated rings. The lowest BCUT2D eigenvalue weighted by Crippen LogP contribution is -2.58. The summed E-state index contributed by atoms with van der Waals surface area (Å²) < 4.78 is 11.6. The van der Waals surface area contributed by atoms with E-state index in [4.69, 9.17) is 9.47 Å². The van der Waals surface area contributed by atoms with Gasteiger partial charge in [0, 0.05) is 13.1 Å². The Hall–Kier alpha value is -3.19. The second-order valence-electron chi connectivity index (χ2n) is 8.24. The molecule has 0 spiro atoms. The predicted molar refractivity (Wildman–Crippen MR) is 111 cm³/mol. The molecule has 0 aromatic heterocycles. The first kappa shape index (κ1) is 19.8. The second-order valence-corrected chi connectivity index (χ2v) is 8.24. The maximum atomic E-state index is 13.1. The van der Waals surface area contributed by atoms with E-state index in [1.807, 2.05) is 30.3 Å². The number of nitrogens with zero attached hydrogens (tertiary/aromatic N) is 2. The van der Waals surface area contributed by atoms with Gasteiger partial charge in [0.25, 0.3) is 11.8 Å². The molecule has 3 aliphatic rings. The first-order chi connectivity index (χ1) is 15.1. The molecule has 160 valence electrons. The van der Waals surface area contributed by atoms with E-state index in [9.17, 15) is 14.4 Å². The Morgan fingerprint density at radius 2 is 1.55 bits per heavy atom. The first-order valence-corrected chi connectivity index (χ1v) is 10.7. The van der Waals surface area contributed by atoms with Crippen LogP contribution in [0.1, 0.15) is 45.5 Å². The zero-order valence-corrected chi connectivity index (χ0v) is 17.1. The van der Waals surface area contributed by atoms with Crippen LogP contribution in [0.5, 0.6) is 0 Å². The number of imide groups is 1. The van der Waals surface area contributed by atoms with Gasteiger partial charge >= 0.3 is 6.09 Å². The van der Waals surface area contributed by atoms with E-state index in [2.05, 4.69) is 0 Å². The number of fused-ring (bicyclic) bond motifs is 1. The molecule has 2 heterocycles. The highest BCUT2D eigenvalue weighted by molar-refractivity contribution is 6.21. The minimum Gasteiger partial charge on any atom is -0.445 e. The lowest BCUT2D eigenvalue weighted by atomic mass is 10.0. The summed E-state index contributed by atoms with van der Waals surface area (Å²) in [4.78, 5) is 41.7. The van der Waals surface area contributed by atoms with Gasteiger partial charge in [0.15, 0.2) is 0 Å². The van der Waals surface area contributed by atoms with Crippen molar-refractivity contribution in [2.75, 3.05) is 13.1 Å². The van der Waals surface area contributed by atoms with E-state index >= 15 is 0 Å². The number of rotatable bonds is 5. The molecule has 7 nitrogen and oxygen atoms in total. The van der Waals surface area contributed by atoms with Gasteiger partial charge in [-0.05, 0) is 37.0 Å². The van der Waals surface area contributed by atoms with Gasteiger partial charge < -0.3 is 14.4 Å². The molecule has 2 atom stereocenters. The highest BCUT2D eigenvalue weighted by Crippen LogP contribution is 2.33. The molecule has 0 bridgehead atoms. The summed E-state index contributed by atoms with van der Waals surface area (Å²) >= 11 is 0. The number of benzene rings is 2. The molecule has 3 amide bonds. The largest absolute Gasteiger partial charge is 0.445 e. The molecule has 0 N–H and O–H groups in total. The van der Waals surface area contributed by atoms with Crippen LogP contribution in [0.3, 0.4) is 0 Å². The molecule has 1 aliphatic carbocycles. The van der Waals surface area contributed by atoms with Crippen LogP contribution in [0.4, 0.5) is 4.79 Å². The van der Waals surface area contributed by atoms with Crippen molar-refractivity contribution in [3.05, 3.63) is 71.3 Å². The topological polar surface area (TPSA) is 76.2 Å². The second kappa shape index (κ2) is 8.15. The van der Waals surface area contributed by atoms with E-state index < -0.39 is 12.1 Å². The summed E-state index contributed by atoms with van der Waals surface area (Å²) in [6.07, 6.45) is 1.99. The molecule has 2 aliphatic heterocycles. The van der Waals surface area contributed by atoms with Crippen LogP contribution in [0.2, 0.25) is 0 Å². The highest BCUT2D eigenvalue weighted by atomic mass is 16.6. The average molecular weight is 420 g/mol. The Bertz CT molecular complexity index is 969. The van der Waals surface area contributed by atoms with Crippen LogP contribution in [0, 0.1) is 0 Å². The van der Waals surface area contributed by atoms with Crippen molar-refractivity contribution >= 4 is 17.9 Å². The molecule has 0 radical (unpaired) electrons. The van der Waals surface area contributed by atoms with Crippen LogP contribution in [-0.4, -0.2) is 59.0 Å². The van der Waals surface area contributed by atoms with E-state index in [0.717, 1.165) is 18.4 Å². The van der Waals surface area contributed by atoms with Crippen molar-refractivity contribution in [1.82, 2.24) is 9.80 Å². The molecule has 1 saturated carbocycles. The van der Waals surface area contributed by atoms with Crippen LogP contribution >= 0.6 is 0 Å². The van der Waals surface area contributed by atoms with Crippen LogP contribution in [0.15, 0.2) is 54.6 Å². The standard InChI is InChI=1S/C24H24N2O5/c27-22-18-8-4-5-9-19(18)23(28)26(22)20-14-25(13-12-21(20)31-17-10-11-17)24(29)30-15-16-6-2-1-3-7-16/h1-9,17,20-21H,10-15H2/t20-,21+/m0/s1. The molecule has 1 saturated heterocycles. The van der Waals surface area contributed by atoms with Gasteiger partial charge in [-0.25, -0.2) is 4.79 Å². The Kier molecular flexibility index (Phi) is 5.19. The highest BCUT2D eigenvalue weighted by Gasteiger charge is 2.47. The third-order valence-corrected chi connectivity index (χ3v) is 6.03. The predicted octanol–water partition coefficient (Wildman–Crippen LogP) is 3.24. The summed E-state index contributed by atoms with van der Waals surface area (Å²) in [5, 5.41) is 0. The van der Waals surface area contributed by atoms with Gasteiger partial charge in [0.05, 0.1) is 29.4 Å². The zero-order valence-electron chi connectivity index (χ0n) is 17.1. The van der Waals surface area contributed by atoms with Crippen molar-refractivity contribution in [3.8, 4) is 0 Å². The third-order valence-electron chi connectivity index (χ3n) is 6.03.